The molecule has 0 unspecified atom stereocenters. The molecule has 3 aromatic rings. The van der Waals surface area contributed by atoms with Crippen LogP contribution in [0.2, 0.25) is 5.02 Å². The maximum atomic E-state index is 13.3. The number of carbonyl (C=O) groups is 1. The van der Waals surface area contributed by atoms with Gasteiger partial charge in [0.25, 0.3) is 15.9 Å². The summed E-state index contributed by atoms with van der Waals surface area (Å²) in [6.45, 7) is 2.21. The summed E-state index contributed by atoms with van der Waals surface area (Å²) < 4.78 is 40.7. The van der Waals surface area contributed by atoms with Crippen molar-refractivity contribution >= 4 is 38.9 Å². The lowest BCUT2D eigenvalue weighted by Crippen LogP contribution is -2.29. The van der Waals surface area contributed by atoms with Gasteiger partial charge < -0.3 is 5.32 Å². The van der Waals surface area contributed by atoms with Crippen LogP contribution in [-0.4, -0.2) is 20.9 Å². The summed E-state index contributed by atoms with van der Waals surface area (Å²) in [6, 6.07) is 15.5. The molecule has 154 valence electrons. The molecule has 0 spiro atoms. The molecule has 0 aromatic heterocycles. The average Bonchev–Trinajstić information content (AvgIpc) is 3.15. The number of carbonyl (C=O) groups excluding carboxylic acids is 1. The number of nitrogens with zero attached hydrogens (tertiary/aromatic N) is 1. The maximum absolute atomic E-state index is 13.3. The molecule has 5 nitrogen and oxygen atoms in total. The molecule has 0 saturated carbocycles. The first kappa shape index (κ1) is 20.4. The molecule has 0 radical (unpaired) electrons. The van der Waals surface area contributed by atoms with E-state index in [1.165, 1.54) is 22.5 Å². The van der Waals surface area contributed by atoms with Gasteiger partial charge in [-0.05, 0) is 67.4 Å². The van der Waals surface area contributed by atoms with Crippen LogP contribution in [0.3, 0.4) is 0 Å². The number of hydrogen-bond donors (Lipinski definition) is 1. The first-order valence-corrected chi connectivity index (χ1v) is 11.1. The summed E-state index contributed by atoms with van der Waals surface area (Å²) in [6.07, 6.45) is 0.504. The molecule has 4 rings (SSSR count). The Morgan fingerprint density at radius 2 is 1.80 bits per heavy atom. The third-order valence-corrected chi connectivity index (χ3v) is 7.10. The van der Waals surface area contributed by atoms with Gasteiger partial charge in [0, 0.05) is 17.8 Å². The van der Waals surface area contributed by atoms with E-state index in [9.17, 15) is 17.6 Å². The van der Waals surface area contributed by atoms with Gasteiger partial charge in [-0.3, -0.25) is 9.10 Å². The highest BCUT2D eigenvalue weighted by Gasteiger charge is 2.31. The van der Waals surface area contributed by atoms with Gasteiger partial charge in [-0.25, -0.2) is 12.8 Å². The van der Waals surface area contributed by atoms with Gasteiger partial charge in [0.05, 0.1) is 15.6 Å². The molecule has 0 saturated heterocycles. The fourth-order valence-corrected chi connectivity index (χ4v) is 5.06. The number of amides is 1. The topological polar surface area (TPSA) is 66.5 Å². The molecule has 8 heteroatoms. The van der Waals surface area contributed by atoms with Gasteiger partial charge in [-0.2, -0.15) is 0 Å². The minimum Gasteiger partial charge on any atom is -0.322 e. The molecule has 0 bridgehead atoms. The van der Waals surface area contributed by atoms with Crippen molar-refractivity contribution in [2.45, 2.75) is 18.2 Å². The van der Waals surface area contributed by atoms with Crippen molar-refractivity contribution in [3.05, 3.63) is 88.2 Å². The summed E-state index contributed by atoms with van der Waals surface area (Å²) in [5.74, 6) is -0.956. The number of anilines is 2. The van der Waals surface area contributed by atoms with Crippen LogP contribution in [0, 0.1) is 12.7 Å². The second-order valence-electron chi connectivity index (χ2n) is 7.07. The van der Waals surface area contributed by atoms with Crippen molar-refractivity contribution < 1.29 is 17.6 Å². The standard InChI is InChI=1S/C22H18ClFN2O3S/c1-14-2-6-18(7-3-14)30(28,29)26-11-10-15-12-16(4-9-21(15)26)22(27)25-17-5-8-20(24)19(23)13-17/h2-9,12-13H,10-11H2,1H3,(H,25,27). The molecule has 0 aliphatic carbocycles. The van der Waals surface area contributed by atoms with Crippen LogP contribution in [-0.2, 0) is 16.4 Å². The highest BCUT2D eigenvalue weighted by atomic mass is 35.5. The summed E-state index contributed by atoms with van der Waals surface area (Å²) >= 11 is 5.75. The summed E-state index contributed by atoms with van der Waals surface area (Å²) in [5, 5.41) is 2.58. The molecule has 1 aliphatic heterocycles. The summed E-state index contributed by atoms with van der Waals surface area (Å²) in [7, 11) is -3.68. The number of hydrogen-bond acceptors (Lipinski definition) is 3. The quantitative estimate of drug-likeness (QED) is 0.629. The molecule has 1 heterocycles. The Hall–Kier alpha value is -2.90. The lowest BCUT2D eigenvalue weighted by Gasteiger charge is -2.20. The highest BCUT2D eigenvalue weighted by Crippen LogP contribution is 2.34. The van der Waals surface area contributed by atoms with Crippen molar-refractivity contribution in [3.8, 4) is 0 Å². The number of halogens is 2. The fourth-order valence-electron chi connectivity index (χ4n) is 3.38. The minimum atomic E-state index is -3.68. The minimum absolute atomic E-state index is 0.0845. The van der Waals surface area contributed by atoms with E-state index >= 15 is 0 Å². The first-order valence-electron chi connectivity index (χ1n) is 9.24. The van der Waals surface area contributed by atoms with Crippen molar-refractivity contribution in [2.75, 3.05) is 16.2 Å². The van der Waals surface area contributed by atoms with Crippen LogP contribution in [0.1, 0.15) is 21.5 Å². The summed E-state index contributed by atoms with van der Waals surface area (Å²) in [5.41, 5.74) is 3.07. The van der Waals surface area contributed by atoms with E-state index in [4.69, 9.17) is 11.6 Å². The van der Waals surface area contributed by atoms with Gasteiger partial charge in [0.2, 0.25) is 0 Å². The van der Waals surface area contributed by atoms with Gasteiger partial charge in [0.15, 0.2) is 0 Å². The summed E-state index contributed by atoms with van der Waals surface area (Å²) in [4.78, 5) is 12.8. The largest absolute Gasteiger partial charge is 0.322 e. The normalized spacial score (nSPS) is 13.2. The third-order valence-electron chi connectivity index (χ3n) is 4.98. The van der Waals surface area contributed by atoms with Crippen LogP contribution in [0.4, 0.5) is 15.8 Å². The van der Waals surface area contributed by atoms with Gasteiger partial charge in [0.1, 0.15) is 5.82 Å². The lowest BCUT2D eigenvalue weighted by molar-refractivity contribution is 0.102. The smallest absolute Gasteiger partial charge is 0.264 e. The number of aryl methyl sites for hydroxylation is 1. The molecule has 30 heavy (non-hydrogen) atoms. The molecule has 3 aromatic carbocycles. The fraction of sp³-hybridized carbons (Fsp3) is 0.136. The van der Waals surface area contributed by atoms with E-state index in [1.807, 2.05) is 6.92 Å². The predicted molar refractivity (Wildman–Crippen MR) is 115 cm³/mol. The second kappa shape index (κ2) is 7.74. The van der Waals surface area contributed by atoms with Crippen molar-refractivity contribution in [3.63, 3.8) is 0 Å². The molecule has 0 atom stereocenters. The van der Waals surface area contributed by atoms with E-state index < -0.39 is 15.8 Å². The van der Waals surface area contributed by atoms with E-state index in [2.05, 4.69) is 5.32 Å². The van der Waals surface area contributed by atoms with Gasteiger partial charge >= 0.3 is 0 Å². The van der Waals surface area contributed by atoms with E-state index in [0.29, 0.717) is 29.9 Å². The maximum Gasteiger partial charge on any atom is 0.264 e. The lowest BCUT2D eigenvalue weighted by atomic mass is 10.1. The molecule has 1 aliphatic rings. The van der Waals surface area contributed by atoms with Crippen LogP contribution in [0.25, 0.3) is 0 Å². The monoisotopic (exact) mass is 444 g/mol. The predicted octanol–water partition coefficient (Wildman–Crippen LogP) is 4.79. The van der Waals surface area contributed by atoms with E-state index in [0.717, 1.165) is 11.1 Å². The van der Waals surface area contributed by atoms with Crippen molar-refractivity contribution in [2.24, 2.45) is 0 Å². The van der Waals surface area contributed by atoms with Crippen LogP contribution >= 0.6 is 11.6 Å². The highest BCUT2D eigenvalue weighted by molar-refractivity contribution is 7.92. The molecular formula is C22H18ClFN2O3S. The zero-order chi connectivity index (χ0) is 21.5. The first-order chi connectivity index (χ1) is 14.3. The zero-order valence-corrected chi connectivity index (χ0v) is 17.6. The second-order valence-corrected chi connectivity index (χ2v) is 9.34. The number of sulfonamides is 1. The Balaban J connectivity index is 1.58. The Labute approximate surface area is 179 Å². The Morgan fingerprint density at radius 1 is 1.07 bits per heavy atom. The number of rotatable bonds is 4. The van der Waals surface area contributed by atoms with Crippen LogP contribution in [0.5, 0.6) is 0 Å². The molecule has 0 fully saturated rings. The van der Waals surface area contributed by atoms with Gasteiger partial charge in [-0.15, -0.1) is 0 Å². The average molecular weight is 445 g/mol. The number of benzene rings is 3. The SMILES string of the molecule is Cc1ccc(S(=O)(=O)N2CCc3cc(C(=O)Nc4ccc(F)c(Cl)c4)ccc32)cc1. The van der Waals surface area contributed by atoms with Crippen molar-refractivity contribution in [1.82, 2.24) is 0 Å². The zero-order valence-electron chi connectivity index (χ0n) is 16.0. The number of fused-ring (bicyclic) bond motifs is 1. The Bertz CT molecular complexity index is 1240. The Morgan fingerprint density at radius 3 is 2.50 bits per heavy atom. The van der Waals surface area contributed by atoms with Crippen LogP contribution < -0.4 is 9.62 Å². The van der Waals surface area contributed by atoms with Crippen LogP contribution in [0.15, 0.2) is 65.6 Å². The molecular weight excluding hydrogens is 427 g/mol. The van der Waals surface area contributed by atoms with Gasteiger partial charge in [-0.1, -0.05) is 29.3 Å². The van der Waals surface area contributed by atoms with Crippen molar-refractivity contribution in [1.29, 1.82) is 0 Å². The Kier molecular flexibility index (Phi) is 5.26. The molecule has 1 amide bonds. The van der Waals surface area contributed by atoms with E-state index in [-0.39, 0.29) is 15.8 Å². The number of nitrogens with one attached hydrogen (secondary N) is 1. The molecule has 1 N–H and O–H groups in total. The van der Waals surface area contributed by atoms with E-state index in [1.54, 1.807) is 42.5 Å². The third kappa shape index (κ3) is 3.78.